The van der Waals surface area contributed by atoms with Crippen LogP contribution >= 0.6 is 23.1 Å². The van der Waals surface area contributed by atoms with E-state index >= 15 is 0 Å². The number of hydrogen-bond donors (Lipinski definition) is 2. The molecule has 0 bridgehead atoms. The van der Waals surface area contributed by atoms with Gasteiger partial charge in [0.15, 0.2) is 0 Å². The number of benzene rings is 1. The molecule has 118 valence electrons. The number of hydrogen-bond acceptors (Lipinski definition) is 5. The van der Waals surface area contributed by atoms with Crippen LogP contribution in [-0.2, 0) is 0 Å². The molecule has 1 aromatic heterocycles. The van der Waals surface area contributed by atoms with Gasteiger partial charge in [0.2, 0.25) is 0 Å². The summed E-state index contributed by atoms with van der Waals surface area (Å²) in [5, 5.41) is 15.0. The Labute approximate surface area is 139 Å². The van der Waals surface area contributed by atoms with Crippen molar-refractivity contribution in [1.29, 1.82) is 0 Å². The Bertz CT molecular complexity index is 605. The quantitative estimate of drug-likeness (QED) is 0.816. The smallest absolute Gasteiger partial charge is 0.251 e. The second kappa shape index (κ2) is 8.31. The number of aromatic nitrogens is 1. The van der Waals surface area contributed by atoms with Crippen LogP contribution in [0.2, 0.25) is 0 Å². The van der Waals surface area contributed by atoms with Gasteiger partial charge in [-0.05, 0) is 31.7 Å². The molecule has 2 N–H and O–H groups in total. The third-order valence-electron chi connectivity index (χ3n) is 3.19. The number of thioether (sulfide) groups is 1. The lowest BCUT2D eigenvalue weighted by Crippen LogP contribution is -2.37. The van der Waals surface area contributed by atoms with Crippen LogP contribution in [0.25, 0.3) is 10.6 Å². The van der Waals surface area contributed by atoms with Gasteiger partial charge in [-0.15, -0.1) is 11.3 Å². The van der Waals surface area contributed by atoms with Gasteiger partial charge in [-0.3, -0.25) is 4.79 Å². The van der Waals surface area contributed by atoms with E-state index in [2.05, 4.69) is 10.3 Å². The van der Waals surface area contributed by atoms with Crippen LogP contribution in [0, 0.1) is 6.92 Å². The van der Waals surface area contributed by atoms with Gasteiger partial charge < -0.3 is 10.4 Å². The van der Waals surface area contributed by atoms with E-state index in [9.17, 15) is 4.79 Å². The summed E-state index contributed by atoms with van der Waals surface area (Å²) in [6.07, 6.45) is 2.56. The topological polar surface area (TPSA) is 62.2 Å². The molecule has 22 heavy (non-hydrogen) atoms. The predicted octanol–water partition coefficient (Wildman–Crippen LogP) is 2.96. The lowest BCUT2D eigenvalue weighted by atomic mass is 10.1. The fourth-order valence-electron chi connectivity index (χ4n) is 2.07. The number of rotatable bonds is 7. The molecule has 0 aliphatic heterocycles. The Hall–Kier alpha value is -1.37. The molecule has 1 unspecified atom stereocenters. The molecule has 0 fully saturated rings. The Morgan fingerprint density at radius 3 is 2.68 bits per heavy atom. The molecule has 2 rings (SSSR count). The van der Waals surface area contributed by atoms with E-state index in [1.807, 2.05) is 42.8 Å². The largest absolute Gasteiger partial charge is 0.396 e. The van der Waals surface area contributed by atoms with E-state index in [4.69, 9.17) is 5.11 Å². The summed E-state index contributed by atoms with van der Waals surface area (Å²) in [6.45, 7) is 2.04. The predicted molar refractivity (Wildman–Crippen MR) is 93.6 cm³/mol. The third kappa shape index (κ3) is 4.56. The number of aliphatic hydroxyl groups excluding tert-OH is 1. The van der Waals surface area contributed by atoms with Crippen molar-refractivity contribution in [3.05, 3.63) is 40.9 Å². The fourth-order valence-corrected chi connectivity index (χ4v) is 3.53. The van der Waals surface area contributed by atoms with Gasteiger partial charge in [-0.2, -0.15) is 11.8 Å². The monoisotopic (exact) mass is 336 g/mol. The molecule has 0 saturated heterocycles. The molecule has 1 heterocycles. The highest BCUT2D eigenvalue weighted by atomic mass is 32.2. The van der Waals surface area contributed by atoms with Crippen molar-refractivity contribution in [1.82, 2.24) is 10.3 Å². The van der Waals surface area contributed by atoms with E-state index in [1.54, 1.807) is 23.1 Å². The van der Waals surface area contributed by atoms with Crippen LogP contribution in [-0.4, -0.2) is 40.7 Å². The second-order valence-electron chi connectivity index (χ2n) is 5.01. The molecule has 1 atom stereocenters. The van der Waals surface area contributed by atoms with Gasteiger partial charge in [-0.25, -0.2) is 4.98 Å². The lowest BCUT2D eigenvalue weighted by molar-refractivity contribution is 0.0935. The zero-order valence-electron chi connectivity index (χ0n) is 12.7. The molecule has 6 heteroatoms. The zero-order valence-corrected chi connectivity index (χ0v) is 14.3. The van der Waals surface area contributed by atoms with E-state index in [0.29, 0.717) is 12.0 Å². The van der Waals surface area contributed by atoms with Crippen molar-refractivity contribution in [3.63, 3.8) is 0 Å². The maximum absolute atomic E-state index is 12.2. The van der Waals surface area contributed by atoms with Crippen molar-refractivity contribution < 1.29 is 9.90 Å². The van der Waals surface area contributed by atoms with Crippen molar-refractivity contribution in [3.8, 4) is 10.6 Å². The zero-order chi connectivity index (χ0) is 15.9. The van der Waals surface area contributed by atoms with Crippen molar-refractivity contribution in [2.24, 2.45) is 0 Å². The van der Waals surface area contributed by atoms with Gasteiger partial charge in [0, 0.05) is 40.6 Å². The molecule has 2 aromatic rings. The van der Waals surface area contributed by atoms with Gasteiger partial charge in [-0.1, -0.05) is 12.1 Å². The minimum absolute atomic E-state index is 0.00575. The first-order valence-corrected chi connectivity index (χ1v) is 9.34. The molecule has 0 aliphatic rings. The van der Waals surface area contributed by atoms with Crippen LogP contribution < -0.4 is 5.32 Å². The minimum atomic E-state index is -0.102. The van der Waals surface area contributed by atoms with Crippen LogP contribution in [0.3, 0.4) is 0 Å². The first kappa shape index (κ1) is 17.0. The number of thiazole rings is 1. The molecule has 0 saturated carbocycles. The van der Waals surface area contributed by atoms with Crippen molar-refractivity contribution in [2.45, 2.75) is 19.4 Å². The van der Waals surface area contributed by atoms with Crippen LogP contribution in [0.4, 0.5) is 0 Å². The summed E-state index contributed by atoms with van der Waals surface area (Å²) in [7, 11) is 0. The number of aryl methyl sites for hydroxylation is 1. The van der Waals surface area contributed by atoms with Gasteiger partial charge >= 0.3 is 0 Å². The first-order chi connectivity index (χ1) is 10.6. The van der Waals surface area contributed by atoms with Gasteiger partial charge in [0.1, 0.15) is 5.01 Å². The molecule has 4 nitrogen and oxygen atoms in total. The molecule has 0 aliphatic carbocycles. The lowest BCUT2D eigenvalue weighted by Gasteiger charge is -2.16. The number of nitrogens with zero attached hydrogens (tertiary/aromatic N) is 1. The molecule has 0 radical (unpaired) electrons. The number of aliphatic hydroxyl groups is 1. The van der Waals surface area contributed by atoms with Gasteiger partial charge in [0.25, 0.3) is 5.91 Å². The highest BCUT2D eigenvalue weighted by Gasteiger charge is 2.13. The summed E-state index contributed by atoms with van der Waals surface area (Å²) in [6, 6.07) is 7.47. The van der Waals surface area contributed by atoms with Crippen LogP contribution in [0.1, 0.15) is 22.5 Å². The molecule has 1 amide bonds. The van der Waals surface area contributed by atoms with E-state index in [0.717, 1.165) is 22.0 Å². The van der Waals surface area contributed by atoms with Crippen LogP contribution in [0.15, 0.2) is 29.6 Å². The van der Waals surface area contributed by atoms with E-state index in [1.165, 1.54) is 0 Å². The third-order valence-corrected chi connectivity index (χ3v) is 4.94. The molecule has 0 spiro atoms. The maximum atomic E-state index is 12.2. The SMILES string of the molecule is CSCC(CCO)NC(=O)c1ccc(-c2nc(C)cs2)cc1. The minimum Gasteiger partial charge on any atom is -0.396 e. The average Bonchev–Trinajstić information content (AvgIpc) is 2.94. The summed E-state index contributed by atoms with van der Waals surface area (Å²) in [5.41, 5.74) is 2.65. The molecular weight excluding hydrogens is 316 g/mol. The summed E-state index contributed by atoms with van der Waals surface area (Å²) < 4.78 is 0. The Kier molecular flexibility index (Phi) is 6.42. The van der Waals surface area contributed by atoms with Crippen LogP contribution in [0.5, 0.6) is 0 Å². The fraction of sp³-hybridized carbons (Fsp3) is 0.375. The Morgan fingerprint density at radius 2 is 2.14 bits per heavy atom. The standard InChI is InChI=1S/C16H20N2O2S2/c1-11-9-22-16(17-11)13-5-3-12(4-6-13)15(20)18-14(7-8-19)10-21-2/h3-6,9,14,19H,7-8,10H2,1-2H3,(H,18,20). The second-order valence-corrected chi connectivity index (χ2v) is 6.78. The number of carbonyl (C=O) groups is 1. The maximum Gasteiger partial charge on any atom is 0.251 e. The van der Waals surface area contributed by atoms with Crippen molar-refractivity contribution in [2.75, 3.05) is 18.6 Å². The summed E-state index contributed by atoms with van der Waals surface area (Å²) in [5.74, 6) is 0.692. The van der Waals surface area contributed by atoms with E-state index < -0.39 is 0 Å². The number of nitrogens with one attached hydrogen (secondary N) is 1. The normalized spacial score (nSPS) is 12.1. The van der Waals surface area contributed by atoms with Gasteiger partial charge in [0.05, 0.1) is 0 Å². The Balaban J connectivity index is 2.04. The summed E-state index contributed by atoms with van der Waals surface area (Å²) >= 11 is 3.25. The average molecular weight is 336 g/mol. The molecular formula is C16H20N2O2S2. The highest BCUT2D eigenvalue weighted by Crippen LogP contribution is 2.23. The number of amides is 1. The van der Waals surface area contributed by atoms with E-state index in [-0.39, 0.29) is 18.6 Å². The Morgan fingerprint density at radius 1 is 1.41 bits per heavy atom. The molecule has 1 aromatic carbocycles. The number of carbonyl (C=O) groups excluding carboxylic acids is 1. The first-order valence-electron chi connectivity index (χ1n) is 7.07. The summed E-state index contributed by atoms with van der Waals surface area (Å²) in [4.78, 5) is 16.7. The van der Waals surface area contributed by atoms with Crippen molar-refractivity contribution >= 4 is 29.0 Å². The highest BCUT2D eigenvalue weighted by molar-refractivity contribution is 7.98.